The summed E-state index contributed by atoms with van der Waals surface area (Å²) in [6.07, 6.45) is 6.01. The molecule has 6 rings (SSSR count). The summed E-state index contributed by atoms with van der Waals surface area (Å²) in [6, 6.07) is 14.4. The highest BCUT2D eigenvalue weighted by Gasteiger charge is 2.47. The van der Waals surface area contributed by atoms with Crippen LogP contribution in [-0.2, 0) is 5.54 Å². The Balaban J connectivity index is 1.32. The van der Waals surface area contributed by atoms with Crippen LogP contribution in [0.1, 0.15) is 46.4 Å². The van der Waals surface area contributed by atoms with Gasteiger partial charge in [0.15, 0.2) is 5.82 Å². The summed E-state index contributed by atoms with van der Waals surface area (Å²) < 4.78 is 6.05. The summed E-state index contributed by atoms with van der Waals surface area (Å²) in [7, 11) is 2.11. The zero-order chi connectivity index (χ0) is 26.4. The van der Waals surface area contributed by atoms with Crippen LogP contribution in [0.5, 0.6) is 5.75 Å². The molecule has 1 aliphatic carbocycles. The van der Waals surface area contributed by atoms with E-state index in [9.17, 15) is 4.79 Å². The monoisotopic (exact) mass is 527 g/mol. The van der Waals surface area contributed by atoms with Gasteiger partial charge in [-0.2, -0.15) is 0 Å². The standard InChI is InChI=1S/C30H30ClN5O2/c1-18-4-6-23(38-17-22-8-11-36(22)3)14-25(18)29(37)35-30(9-10-30)26-12-20(28-32-15-21(31)16-33-28)13-27-24(26)7-5-19(2)34-27/h4-7,12-16,22H,8-11,17H2,1-3H3,(H,35,37)/t22-/m0/s1. The van der Waals surface area contributed by atoms with E-state index in [1.165, 1.54) is 0 Å². The van der Waals surface area contributed by atoms with Crippen molar-refractivity contribution in [3.8, 4) is 17.1 Å². The second kappa shape index (κ2) is 9.64. The number of hydrogen-bond acceptors (Lipinski definition) is 6. The zero-order valence-corrected chi connectivity index (χ0v) is 22.5. The number of aromatic nitrogens is 3. The van der Waals surface area contributed by atoms with Crippen LogP contribution < -0.4 is 10.1 Å². The maximum Gasteiger partial charge on any atom is 0.252 e. The molecule has 1 N–H and O–H groups in total. The van der Waals surface area contributed by atoms with Gasteiger partial charge in [-0.05, 0) is 88.2 Å². The van der Waals surface area contributed by atoms with Crippen molar-refractivity contribution in [2.45, 2.75) is 44.7 Å². The highest BCUT2D eigenvalue weighted by atomic mass is 35.5. The maximum absolute atomic E-state index is 13.7. The van der Waals surface area contributed by atoms with Crippen LogP contribution in [0.4, 0.5) is 0 Å². The maximum atomic E-state index is 13.7. The first kappa shape index (κ1) is 24.8. The molecule has 7 nitrogen and oxygen atoms in total. The van der Waals surface area contributed by atoms with Gasteiger partial charge in [0.25, 0.3) is 5.91 Å². The van der Waals surface area contributed by atoms with Crippen molar-refractivity contribution >= 4 is 28.4 Å². The van der Waals surface area contributed by atoms with Gasteiger partial charge in [-0.3, -0.25) is 14.7 Å². The molecule has 1 saturated heterocycles. The van der Waals surface area contributed by atoms with Crippen molar-refractivity contribution in [1.29, 1.82) is 0 Å². The third-order valence-corrected chi connectivity index (χ3v) is 7.97. The summed E-state index contributed by atoms with van der Waals surface area (Å²) in [4.78, 5) is 29.6. The second-order valence-corrected chi connectivity index (χ2v) is 11.0. The molecule has 2 aliphatic rings. The third-order valence-electron chi connectivity index (χ3n) is 7.78. The number of rotatable bonds is 7. The lowest BCUT2D eigenvalue weighted by Gasteiger charge is -2.37. The summed E-state index contributed by atoms with van der Waals surface area (Å²) in [5.41, 5.74) is 4.71. The molecule has 38 heavy (non-hydrogen) atoms. The lowest BCUT2D eigenvalue weighted by atomic mass is 9.95. The Hall–Kier alpha value is -3.55. The fraction of sp³-hybridized carbons (Fsp3) is 0.333. The number of aryl methyl sites for hydroxylation is 2. The van der Waals surface area contributed by atoms with Crippen molar-refractivity contribution in [2.24, 2.45) is 0 Å². The molecule has 194 valence electrons. The van der Waals surface area contributed by atoms with Gasteiger partial charge in [0, 0.05) is 40.6 Å². The smallest absolute Gasteiger partial charge is 0.252 e. The number of amides is 1. The van der Waals surface area contributed by atoms with Gasteiger partial charge in [-0.1, -0.05) is 23.7 Å². The van der Waals surface area contributed by atoms with Gasteiger partial charge in [0.05, 0.1) is 16.1 Å². The second-order valence-electron chi connectivity index (χ2n) is 10.5. The molecule has 2 aromatic carbocycles. The van der Waals surface area contributed by atoms with Crippen molar-refractivity contribution in [3.05, 3.63) is 82.3 Å². The van der Waals surface area contributed by atoms with Gasteiger partial charge >= 0.3 is 0 Å². The van der Waals surface area contributed by atoms with Crippen LogP contribution in [0, 0.1) is 13.8 Å². The molecule has 2 fully saturated rings. The molecule has 0 unspecified atom stereocenters. The average molecular weight is 528 g/mol. The van der Waals surface area contributed by atoms with Gasteiger partial charge in [0.1, 0.15) is 12.4 Å². The number of hydrogen-bond donors (Lipinski definition) is 1. The van der Waals surface area contributed by atoms with E-state index in [-0.39, 0.29) is 5.91 Å². The first-order chi connectivity index (χ1) is 18.3. The number of carbonyl (C=O) groups excluding carboxylic acids is 1. The van der Waals surface area contributed by atoms with Crippen LogP contribution in [0.15, 0.2) is 54.9 Å². The summed E-state index contributed by atoms with van der Waals surface area (Å²) >= 11 is 6.02. The number of likely N-dealkylation sites (tertiary alicyclic amines) is 1. The minimum Gasteiger partial charge on any atom is -0.492 e. The molecule has 0 bridgehead atoms. The van der Waals surface area contributed by atoms with E-state index in [1.54, 1.807) is 12.4 Å². The largest absolute Gasteiger partial charge is 0.492 e. The predicted octanol–water partition coefficient (Wildman–Crippen LogP) is 5.46. The fourth-order valence-electron chi connectivity index (χ4n) is 5.10. The Morgan fingerprint density at radius 2 is 1.92 bits per heavy atom. The van der Waals surface area contributed by atoms with Crippen LogP contribution in [0.25, 0.3) is 22.3 Å². The number of carbonyl (C=O) groups is 1. The first-order valence-corrected chi connectivity index (χ1v) is 13.4. The van der Waals surface area contributed by atoms with Crippen molar-refractivity contribution < 1.29 is 9.53 Å². The van der Waals surface area contributed by atoms with E-state index in [4.69, 9.17) is 21.3 Å². The van der Waals surface area contributed by atoms with Gasteiger partial charge in [-0.15, -0.1) is 0 Å². The number of nitrogens with one attached hydrogen (secondary N) is 1. The molecule has 1 aliphatic heterocycles. The van der Waals surface area contributed by atoms with Crippen LogP contribution in [0.3, 0.4) is 0 Å². The van der Waals surface area contributed by atoms with Crippen molar-refractivity contribution in [1.82, 2.24) is 25.2 Å². The van der Waals surface area contributed by atoms with E-state index in [2.05, 4.69) is 39.4 Å². The molecular formula is C30H30ClN5O2. The fourth-order valence-corrected chi connectivity index (χ4v) is 5.20. The van der Waals surface area contributed by atoms with E-state index in [0.29, 0.717) is 29.1 Å². The van der Waals surface area contributed by atoms with Crippen LogP contribution in [0.2, 0.25) is 5.02 Å². The summed E-state index contributed by atoms with van der Waals surface area (Å²) in [5, 5.41) is 4.86. The Morgan fingerprint density at radius 3 is 2.61 bits per heavy atom. The highest BCUT2D eigenvalue weighted by Crippen LogP contribution is 2.49. The summed E-state index contributed by atoms with van der Waals surface area (Å²) in [6.45, 7) is 5.66. The molecule has 0 spiro atoms. The summed E-state index contributed by atoms with van der Waals surface area (Å²) in [5.74, 6) is 1.19. The quantitative estimate of drug-likeness (QED) is 0.343. The topological polar surface area (TPSA) is 80.2 Å². The SMILES string of the molecule is Cc1ccc2c(C3(NC(=O)c4cc(OC[C@@H]5CCN5C)ccc4C)CC3)cc(-c3ncc(Cl)cn3)cc2n1. The normalized spacial score (nSPS) is 18.2. The van der Waals surface area contributed by atoms with E-state index >= 15 is 0 Å². The number of nitrogens with zero attached hydrogens (tertiary/aromatic N) is 4. The number of ether oxygens (including phenoxy) is 1. The Bertz CT molecular complexity index is 1530. The lowest BCUT2D eigenvalue weighted by molar-refractivity contribution is 0.0767. The average Bonchev–Trinajstić information content (AvgIpc) is 3.68. The van der Waals surface area contributed by atoms with E-state index in [1.807, 2.05) is 44.2 Å². The number of likely N-dealkylation sites (N-methyl/N-ethyl adjacent to an activating group) is 1. The van der Waals surface area contributed by atoms with Gasteiger partial charge in [0.2, 0.25) is 0 Å². The van der Waals surface area contributed by atoms with Crippen LogP contribution >= 0.6 is 11.6 Å². The molecular weight excluding hydrogens is 498 g/mol. The van der Waals surface area contributed by atoms with Gasteiger partial charge < -0.3 is 10.1 Å². The molecule has 2 aromatic heterocycles. The number of halogens is 1. The minimum absolute atomic E-state index is 0.104. The van der Waals surface area contributed by atoms with Crippen molar-refractivity contribution in [2.75, 3.05) is 20.2 Å². The number of pyridine rings is 1. The zero-order valence-electron chi connectivity index (χ0n) is 21.8. The van der Waals surface area contributed by atoms with Gasteiger partial charge in [-0.25, -0.2) is 9.97 Å². The highest BCUT2D eigenvalue weighted by molar-refractivity contribution is 6.30. The van der Waals surface area contributed by atoms with E-state index in [0.717, 1.165) is 64.8 Å². The predicted molar refractivity (Wildman–Crippen MR) is 149 cm³/mol. The molecule has 1 amide bonds. The Labute approximate surface area is 227 Å². The third kappa shape index (κ3) is 4.72. The van der Waals surface area contributed by atoms with Crippen molar-refractivity contribution in [3.63, 3.8) is 0 Å². The molecule has 3 heterocycles. The molecule has 4 aromatic rings. The Morgan fingerprint density at radius 1 is 1.13 bits per heavy atom. The molecule has 1 atom stereocenters. The molecule has 8 heteroatoms. The van der Waals surface area contributed by atoms with E-state index < -0.39 is 5.54 Å². The van der Waals surface area contributed by atoms with Crippen LogP contribution in [-0.4, -0.2) is 52.0 Å². The number of fused-ring (bicyclic) bond motifs is 1. The minimum atomic E-state index is -0.480. The molecule has 0 radical (unpaired) electrons. The Kier molecular flexibility index (Phi) is 6.28. The number of benzene rings is 2. The lowest BCUT2D eigenvalue weighted by Crippen LogP contribution is -2.48. The first-order valence-electron chi connectivity index (χ1n) is 13.0. The molecule has 1 saturated carbocycles.